The van der Waals surface area contributed by atoms with E-state index in [2.05, 4.69) is 20.2 Å². The molecule has 1 aliphatic heterocycles. The highest BCUT2D eigenvalue weighted by Gasteiger charge is 2.18. The van der Waals surface area contributed by atoms with Crippen molar-refractivity contribution in [3.05, 3.63) is 52.6 Å². The van der Waals surface area contributed by atoms with Gasteiger partial charge < -0.3 is 19.4 Å². The largest absolute Gasteiger partial charge is 0.490 e. The van der Waals surface area contributed by atoms with Crippen molar-refractivity contribution in [3.8, 4) is 5.75 Å². The molecule has 1 aromatic carbocycles. The van der Waals surface area contributed by atoms with Gasteiger partial charge in [0.05, 0.1) is 6.61 Å². The Bertz CT molecular complexity index is 1090. The molecule has 3 heterocycles. The van der Waals surface area contributed by atoms with Crippen LogP contribution in [0.3, 0.4) is 0 Å². The average molecular weight is 394 g/mol. The Balaban J connectivity index is 1.59. The van der Waals surface area contributed by atoms with Gasteiger partial charge in [-0.2, -0.15) is 0 Å². The number of para-hydroxylation sites is 1. The second-order valence-electron chi connectivity index (χ2n) is 6.82. The van der Waals surface area contributed by atoms with Crippen LogP contribution >= 0.6 is 0 Å². The maximum absolute atomic E-state index is 12.7. The van der Waals surface area contributed by atoms with Crippen LogP contribution in [0.4, 0.5) is 11.6 Å². The van der Waals surface area contributed by atoms with Crippen LogP contribution in [0, 0.1) is 0 Å². The third-order valence-electron chi connectivity index (χ3n) is 4.84. The van der Waals surface area contributed by atoms with Crippen molar-refractivity contribution < 1.29 is 13.9 Å². The summed E-state index contributed by atoms with van der Waals surface area (Å²) in [5.74, 6) is 0.997. The molecule has 1 N–H and O–H groups in total. The fraction of sp³-hybridized carbons (Fsp3) is 0.333. The maximum Gasteiger partial charge on any atom is 0.349 e. The first-order valence-corrected chi connectivity index (χ1v) is 9.73. The number of benzene rings is 1. The lowest BCUT2D eigenvalue weighted by Crippen LogP contribution is -2.30. The molecule has 2 aromatic heterocycles. The van der Waals surface area contributed by atoms with Gasteiger partial charge in [-0.1, -0.05) is 12.1 Å². The lowest BCUT2D eigenvalue weighted by atomic mass is 10.1. The highest BCUT2D eigenvalue weighted by atomic mass is 16.5. The fourth-order valence-corrected chi connectivity index (χ4v) is 3.44. The Kier molecular flexibility index (Phi) is 5.41. The number of nitrogens with one attached hydrogen (secondary N) is 1. The minimum absolute atomic E-state index is 0.0933. The van der Waals surface area contributed by atoms with Crippen molar-refractivity contribution in [1.82, 2.24) is 9.97 Å². The molecule has 0 saturated carbocycles. The van der Waals surface area contributed by atoms with Crippen LogP contribution in [0.5, 0.6) is 5.75 Å². The third kappa shape index (κ3) is 4.06. The van der Waals surface area contributed by atoms with Crippen molar-refractivity contribution in [3.63, 3.8) is 0 Å². The first-order chi connectivity index (χ1) is 14.2. The number of rotatable bonds is 5. The van der Waals surface area contributed by atoms with Crippen LogP contribution in [0.25, 0.3) is 11.0 Å². The summed E-state index contributed by atoms with van der Waals surface area (Å²) in [6.45, 7) is 4.15. The monoisotopic (exact) mass is 394 g/mol. The highest BCUT2D eigenvalue weighted by Crippen LogP contribution is 2.25. The molecule has 1 aliphatic rings. The van der Waals surface area contributed by atoms with E-state index in [1.165, 1.54) is 18.8 Å². The molecule has 29 heavy (non-hydrogen) atoms. The maximum atomic E-state index is 12.7. The van der Waals surface area contributed by atoms with Crippen molar-refractivity contribution >= 4 is 28.5 Å². The van der Waals surface area contributed by atoms with E-state index in [0.717, 1.165) is 31.7 Å². The molecule has 150 valence electrons. The number of piperidine rings is 1. The van der Waals surface area contributed by atoms with E-state index in [4.69, 9.17) is 9.15 Å². The fourth-order valence-electron chi connectivity index (χ4n) is 3.44. The second-order valence-corrected chi connectivity index (χ2v) is 6.82. The zero-order valence-electron chi connectivity index (χ0n) is 16.2. The van der Waals surface area contributed by atoms with Crippen LogP contribution in [0.2, 0.25) is 0 Å². The summed E-state index contributed by atoms with van der Waals surface area (Å²) in [6, 6.07) is 8.49. The molecule has 8 nitrogen and oxygen atoms in total. The molecule has 0 bridgehead atoms. The molecular formula is C21H22N4O4. The van der Waals surface area contributed by atoms with E-state index in [0.29, 0.717) is 29.1 Å². The van der Waals surface area contributed by atoms with Crippen molar-refractivity contribution in [2.45, 2.75) is 26.2 Å². The molecule has 8 heteroatoms. The summed E-state index contributed by atoms with van der Waals surface area (Å²) in [5, 5.41) is 3.28. The molecule has 3 aromatic rings. The first-order valence-electron chi connectivity index (χ1n) is 9.73. The van der Waals surface area contributed by atoms with Gasteiger partial charge in [0.15, 0.2) is 11.3 Å². The Morgan fingerprint density at radius 3 is 2.83 bits per heavy atom. The number of anilines is 2. The third-order valence-corrected chi connectivity index (χ3v) is 4.84. The second kappa shape index (κ2) is 8.30. The van der Waals surface area contributed by atoms with E-state index >= 15 is 0 Å². The van der Waals surface area contributed by atoms with Gasteiger partial charge in [0, 0.05) is 24.5 Å². The number of nitrogens with zero attached hydrogens (tertiary/aromatic N) is 3. The van der Waals surface area contributed by atoms with E-state index in [-0.39, 0.29) is 5.56 Å². The Hall–Kier alpha value is -3.42. The topological polar surface area (TPSA) is 97.6 Å². The highest BCUT2D eigenvalue weighted by molar-refractivity contribution is 6.05. The van der Waals surface area contributed by atoms with Gasteiger partial charge in [-0.15, -0.1) is 0 Å². The molecule has 1 saturated heterocycles. The van der Waals surface area contributed by atoms with Gasteiger partial charge in [0.2, 0.25) is 0 Å². The van der Waals surface area contributed by atoms with E-state index in [9.17, 15) is 9.59 Å². The number of hydrogen-bond donors (Lipinski definition) is 1. The number of hydrogen-bond acceptors (Lipinski definition) is 7. The number of fused-ring (bicyclic) bond motifs is 1. The van der Waals surface area contributed by atoms with Crippen LogP contribution in [-0.2, 0) is 0 Å². The summed E-state index contributed by atoms with van der Waals surface area (Å²) in [5.41, 5.74) is -0.498. The summed E-state index contributed by atoms with van der Waals surface area (Å²) in [4.78, 5) is 35.7. The molecule has 4 rings (SSSR count). The minimum atomic E-state index is -0.729. The van der Waals surface area contributed by atoms with Crippen molar-refractivity contribution in [2.75, 3.05) is 29.9 Å². The van der Waals surface area contributed by atoms with Gasteiger partial charge in [0.25, 0.3) is 5.91 Å². The SMILES string of the molecule is CCOc1cccc2cc(C(=O)Nc3cc(N4CCCCC4)ncn3)c(=O)oc12. The van der Waals surface area contributed by atoms with Crippen molar-refractivity contribution in [1.29, 1.82) is 0 Å². The van der Waals surface area contributed by atoms with Gasteiger partial charge in [-0.25, -0.2) is 14.8 Å². The zero-order valence-corrected chi connectivity index (χ0v) is 16.2. The van der Waals surface area contributed by atoms with Crippen LogP contribution in [-0.4, -0.2) is 35.6 Å². The van der Waals surface area contributed by atoms with Gasteiger partial charge in [-0.3, -0.25) is 4.79 Å². The Morgan fingerprint density at radius 2 is 2.03 bits per heavy atom. The van der Waals surface area contributed by atoms with Crippen molar-refractivity contribution in [2.24, 2.45) is 0 Å². The van der Waals surface area contributed by atoms with Crippen LogP contribution < -0.4 is 20.6 Å². The average Bonchev–Trinajstić information content (AvgIpc) is 2.75. The van der Waals surface area contributed by atoms with Gasteiger partial charge in [-0.05, 0) is 38.3 Å². The minimum Gasteiger partial charge on any atom is -0.490 e. The summed E-state index contributed by atoms with van der Waals surface area (Å²) < 4.78 is 10.9. The molecular weight excluding hydrogens is 372 g/mol. The lowest BCUT2D eigenvalue weighted by molar-refractivity contribution is 0.102. The van der Waals surface area contributed by atoms with Gasteiger partial charge in [0.1, 0.15) is 23.5 Å². The van der Waals surface area contributed by atoms with E-state index < -0.39 is 11.5 Å². The smallest absolute Gasteiger partial charge is 0.349 e. The summed E-state index contributed by atoms with van der Waals surface area (Å²) in [7, 11) is 0. The molecule has 0 atom stereocenters. The van der Waals surface area contributed by atoms with Crippen LogP contribution in [0.1, 0.15) is 36.5 Å². The molecule has 1 fully saturated rings. The standard InChI is InChI=1S/C21H22N4O4/c1-2-28-16-8-6-7-14-11-15(21(27)29-19(14)16)20(26)24-17-12-18(23-13-22-17)25-9-4-3-5-10-25/h6-8,11-13H,2-5,9-10H2,1H3,(H,22,23,24,26). The molecule has 1 amide bonds. The quantitative estimate of drug-likeness (QED) is 0.664. The van der Waals surface area contributed by atoms with E-state index in [1.807, 2.05) is 6.92 Å². The number of ether oxygens (including phenoxy) is 1. The molecule has 0 spiro atoms. The Labute approximate surface area is 167 Å². The Morgan fingerprint density at radius 1 is 1.21 bits per heavy atom. The molecule has 0 radical (unpaired) electrons. The number of aromatic nitrogens is 2. The van der Waals surface area contributed by atoms with Crippen LogP contribution in [0.15, 0.2) is 45.9 Å². The number of carbonyl (C=O) groups is 1. The van der Waals surface area contributed by atoms with Gasteiger partial charge >= 0.3 is 5.63 Å². The predicted molar refractivity (Wildman–Crippen MR) is 110 cm³/mol. The number of amides is 1. The predicted octanol–water partition coefficient (Wildman–Crippen LogP) is 3.22. The van der Waals surface area contributed by atoms with E-state index in [1.54, 1.807) is 24.3 Å². The lowest BCUT2D eigenvalue weighted by Gasteiger charge is -2.27. The first kappa shape index (κ1) is 18.9. The number of carbonyl (C=O) groups excluding carboxylic acids is 1. The molecule has 0 aliphatic carbocycles. The molecule has 0 unspecified atom stereocenters. The summed E-state index contributed by atoms with van der Waals surface area (Å²) >= 11 is 0. The summed E-state index contributed by atoms with van der Waals surface area (Å²) in [6.07, 6.45) is 4.87. The zero-order chi connectivity index (χ0) is 20.2. The normalized spacial score (nSPS) is 14.0.